The van der Waals surface area contributed by atoms with Crippen molar-refractivity contribution in [3.63, 3.8) is 0 Å². The zero-order valence-corrected chi connectivity index (χ0v) is 16.4. The summed E-state index contributed by atoms with van der Waals surface area (Å²) in [5.41, 5.74) is 0. The number of carboxylic acid groups (broad SMARTS) is 1. The third-order valence-electron chi connectivity index (χ3n) is 5.17. The Labute approximate surface area is 158 Å². The molecule has 1 amide bonds. The van der Waals surface area contributed by atoms with E-state index in [2.05, 4.69) is 11.8 Å². The van der Waals surface area contributed by atoms with Crippen molar-refractivity contribution in [1.29, 1.82) is 0 Å². The van der Waals surface area contributed by atoms with Crippen LogP contribution in [0.25, 0.3) is 0 Å². The van der Waals surface area contributed by atoms with Crippen molar-refractivity contribution in [3.8, 4) is 11.8 Å². The minimum Gasteiger partial charge on any atom is -0.481 e. The van der Waals surface area contributed by atoms with Crippen molar-refractivity contribution < 1.29 is 19.8 Å². The van der Waals surface area contributed by atoms with Crippen molar-refractivity contribution in [3.05, 3.63) is 0 Å². The van der Waals surface area contributed by atoms with E-state index in [1.807, 2.05) is 18.7 Å². The molecule has 1 aliphatic heterocycles. The minimum absolute atomic E-state index is 0.161. The lowest BCUT2D eigenvalue weighted by molar-refractivity contribution is -0.137. The number of hydrogen-bond acceptors (Lipinski definition) is 3. The third-order valence-corrected chi connectivity index (χ3v) is 5.17. The monoisotopic (exact) mass is 365 g/mol. The Morgan fingerprint density at radius 3 is 2.69 bits per heavy atom. The standard InChI is InChI=1S/C21H35NO4/c1-3-4-7-10-17(2)19(23)14-12-18-13-15-20(24)22(18)16-9-6-5-8-11-21(25)26/h17-19,23H,3,5-6,8-16H2,1-2H3,(H,25,26)/t17-,18?,19-/m1/s1. The number of nitrogens with zero attached hydrogens (tertiary/aromatic N) is 1. The van der Waals surface area contributed by atoms with E-state index in [1.54, 1.807) is 0 Å². The van der Waals surface area contributed by atoms with Crippen molar-refractivity contribution >= 4 is 11.9 Å². The van der Waals surface area contributed by atoms with Gasteiger partial charge in [-0.3, -0.25) is 9.59 Å². The summed E-state index contributed by atoms with van der Waals surface area (Å²) in [6.07, 6.45) is 7.96. The Kier molecular flexibility index (Phi) is 11.0. The number of hydrogen-bond donors (Lipinski definition) is 2. The van der Waals surface area contributed by atoms with Gasteiger partial charge in [-0.15, -0.1) is 11.8 Å². The Bertz CT molecular complexity index is 494. The predicted octanol–water partition coefficient (Wildman–Crippen LogP) is 3.59. The zero-order chi connectivity index (χ0) is 19.4. The average molecular weight is 366 g/mol. The second kappa shape index (κ2) is 12.8. The number of likely N-dealkylation sites (tertiary alicyclic amines) is 1. The van der Waals surface area contributed by atoms with E-state index in [-0.39, 0.29) is 30.4 Å². The zero-order valence-electron chi connectivity index (χ0n) is 16.4. The normalized spacial score (nSPS) is 19.1. The van der Waals surface area contributed by atoms with Gasteiger partial charge in [0.1, 0.15) is 0 Å². The summed E-state index contributed by atoms with van der Waals surface area (Å²) in [5.74, 6) is 5.78. The van der Waals surface area contributed by atoms with E-state index in [1.165, 1.54) is 0 Å². The molecule has 1 saturated heterocycles. The first-order chi connectivity index (χ1) is 12.5. The molecular weight excluding hydrogens is 330 g/mol. The Balaban J connectivity index is 2.29. The lowest BCUT2D eigenvalue weighted by Gasteiger charge is -2.26. The first-order valence-electron chi connectivity index (χ1n) is 10.1. The number of aliphatic hydroxyl groups excluding tert-OH is 1. The van der Waals surface area contributed by atoms with Crippen LogP contribution in [0.3, 0.4) is 0 Å². The molecule has 26 heavy (non-hydrogen) atoms. The van der Waals surface area contributed by atoms with Crippen LogP contribution < -0.4 is 0 Å². The van der Waals surface area contributed by atoms with Gasteiger partial charge in [0, 0.05) is 38.3 Å². The summed E-state index contributed by atoms with van der Waals surface area (Å²) in [7, 11) is 0. The molecule has 0 aliphatic carbocycles. The fourth-order valence-corrected chi connectivity index (χ4v) is 3.45. The summed E-state index contributed by atoms with van der Waals surface area (Å²) >= 11 is 0. The van der Waals surface area contributed by atoms with Gasteiger partial charge in [0.05, 0.1) is 6.10 Å². The number of aliphatic hydroxyl groups is 1. The molecular formula is C21H35NO4. The van der Waals surface area contributed by atoms with E-state index in [4.69, 9.17) is 5.11 Å². The Morgan fingerprint density at radius 1 is 1.27 bits per heavy atom. The molecule has 0 aromatic rings. The van der Waals surface area contributed by atoms with E-state index in [9.17, 15) is 14.7 Å². The van der Waals surface area contributed by atoms with E-state index < -0.39 is 5.97 Å². The highest BCUT2D eigenvalue weighted by atomic mass is 16.4. The van der Waals surface area contributed by atoms with Gasteiger partial charge in [-0.25, -0.2) is 0 Å². The summed E-state index contributed by atoms with van der Waals surface area (Å²) in [5, 5.41) is 19.0. The molecule has 0 aromatic carbocycles. The van der Waals surface area contributed by atoms with E-state index in [0.717, 1.165) is 51.5 Å². The minimum atomic E-state index is -0.742. The lowest BCUT2D eigenvalue weighted by Crippen LogP contribution is -2.34. The van der Waals surface area contributed by atoms with E-state index in [0.29, 0.717) is 19.3 Å². The largest absolute Gasteiger partial charge is 0.481 e. The fraction of sp³-hybridized carbons (Fsp3) is 0.810. The molecule has 1 fully saturated rings. The van der Waals surface area contributed by atoms with Crippen LogP contribution in [0, 0.1) is 17.8 Å². The summed E-state index contributed by atoms with van der Waals surface area (Å²) in [4.78, 5) is 24.6. The smallest absolute Gasteiger partial charge is 0.303 e. The Morgan fingerprint density at radius 2 is 2.00 bits per heavy atom. The molecule has 0 radical (unpaired) electrons. The van der Waals surface area contributed by atoms with Gasteiger partial charge in [-0.1, -0.05) is 26.7 Å². The summed E-state index contributed by atoms with van der Waals surface area (Å²) in [6, 6.07) is 0.241. The molecule has 1 unspecified atom stereocenters. The molecule has 5 nitrogen and oxygen atoms in total. The first-order valence-corrected chi connectivity index (χ1v) is 10.1. The highest BCUT2D eigenvalue weighted by molar-refractivity contribution is 5.78. The molecule has 1 aliphatic rings. The highest BCUT2D eigenvalue weighted by Crippen LogP contribution is 2.25. The number of carboxylic acids is 1. The van der Waals surface area contributed by atoms with Crippen molar-refractivity contribution in [2.75, 3.05) is 6.54 Å². The van der Waals surface area contributed by atoms with Gasteiger partial charge < -0.3 is 15.1 Å². The molecule has 0 aromatic heterocycles. The number of carbonyl (C=O) groups is 2. The van der Waals surface area contributed by atoms with Gasteiger partial charge in [0.25, 0.3) is 0 Å². The molecule has 3 atom stereocenters. The maximum absolute atomic E-state index is 12.1. The maximum Gasteiger partial charge on any atom is 0.303 e. The molecule has 1 rings (SSSR count). The van der Waals surface area contributed by atoms with Gasteiger partial charge in [0.2, 0.25) is 5.91 Å². The SMILES string of the molecule is CCC#CC[C@@H](C)[C@H](O)CCC1CCC(=O)N1CCCCCCC(=O)O. The number of rotatable bonds is 12. The first kappa shape index (κ1) is 22.5. The number of amides is 1. The fourth-order valence-electron chi connectivity index (χ4n) is 3.45. The highest BCUT2D eigenvalue weighted by Gasteiger charge is 2.30. The molecule has 148 valence electrons. The predicted molar refractivity (Wildman–Crippen MR) is 103 cm³/mol. The van der Waals surface area contributed by atoms with Crippen LogP contribution in [0.5, 0.6) is 0 Å². The number of carbonyl (C=O) groups excluding carboxylic acids is 1. The lowest BCUT2D eigenvalue weighted by atomic mass is 9.95. The van der Waals surface area contributed by atoms with Crippen LogP contribution in [0.1, 0.15) is 84.5 Å². The summed E-state index contributed by atoms with van der Waals surface area (Å²) in [6.45, 7) is 4.81. The number of unbranched alkanes of at least 4 members (excludes halogenated alkanes) is 3. The van der Waals surface area contributed by atoms with Crippen molar-refractivity contribution in [2.24, 2.45) is 5.92 Å². The van der Waals surface area contributed by atoms with Crippen LogP contribution in [0.15, 0.2) is 0 Å². The van der Waals surface area contributed by atoms with Gasteiger partial charge >= 0.3 is 5.97 Å². The quantitative estimate of drug-likeness (QED) is 0.409. The number of aliphatic carboxylic acids is 1. The molecule has 0 spiro atoms. The van der Waals surface area contributed by atoms with Gasteiger partial charge in [-0.2, -0.15) is 0 Å². The second-order valence-corrected chi connectivity index (χ2v) is 7.37. The van der Waals surface area contributed by atoms with E-state index >= 15 is 0 Å². The average Bonchev–Trinajstić information content (AvgIpc) is 2.95. The molecule has 2 N–H and O–H groups in total. The topological polar surface area (TPSA) is 77.8 Å². The van der Waals surface area contributed by atoms with Crippen LogP contribution in [-0.2, 0) is 9.59 Å². The maximum atomic E-state index is 12.1. The summed E-state index contributed by atoms with van der Waals surface area (Å²) < 4.78 is 0. The molecule has 0 saturated carbocycles. The van der Waals surface area contributed by atoms with Crippen LogP contribution in [-0.4, -0.2) is 45.7 Å². The Hall–Kier alpha value is -1.54. The van der Waals surface area contributed by atoms with Gasteiger partial charge in [0.15, 0.2) is 0 Å². The van der Waals surface area contributed by atoms with Crippen molar-refractivity contribution in [1.82, 2.24) is 4.90 Å². The van der Waals surface area contributed by atoms with Crippen molar-refractivity contribution in [2.45, 2.75) is 96.6 Å². The molecule has 1 heterocycles. The second-order valence-electron chi connectivity index (χ2n) is 7.37. The molecule has 5 heteroatoms. The van der Waals surface area contributed by atoms with Crippen LogP contribution >= 0.6 is 0 Å². The van der Waals surface area contributed by atoms with Gasteiger partial charge in [-0.05, 0) is 38.0 Å². The van der Waals surface area contributed by atoms with Crippen LogP contribution in [0.2, 0.25) is 0 Å². The third kappa shape index (κ3) is 8.71. The van der Waals surface area contributed by atoms with Crippen LogP contribution in [0.4, 0.5) is 0 Å². The molecule has 0 bridgehead atoms.